The first-order chi connectivity index (χ1) is 20.8. The zero-order chi connectivity index (χ0) is 27.9. The van der Waals surface area contributed by atoms with Gasteiger partial charge in [-0.05, 0) is 74.0 Å². The number of hydrogen-bond acceptors (Lipinski definition) is 3. The SMILES string of the molecule is C1=CCCC(c2nc(-c3cccc(-c4ccccc4)c3)nc(-c3ccc4c5ccccc5c5ccccc5c4c3)n2)=C1. The molecule has 0 radical (unpaired) electrons. The first-order valence-corrected chi connectivity index (χ1v) is 14.4. The summed E-state index contributed by atoms with van der Waals surface area (Å²) in [7, 11) is 0. The summed E-state index contributed by atoms with van der Waals surface area (Å²) in [6, 6.07) is 42.9. The zero-order valence-electron chi connectivity index (χ0n) is 23.0. The first-order valence-electron chi connectivity index (χ1n) is 14.4. The molecule has 0 fully saturated rings. The second-order valence-electron chi connectivity index (χ2n) is 10.8. The summed E-state index contributed by atoms with van der Waals surface area (Å²) in [5.74, 6) is 2.12. The van der Waals surface area contributed by atoms with Crippen molar-refractivity contribution in [3.8, 4) is 33.9 Å². The average Bonchev–Trinajstić information content (AvgIpc) is 3.09. The molecule has 8 rings (SSSR count). The normalized spacial score (nSPS) is 13.1. The Kier molecular flexibility index (Phi) is 5.93. The van der Waals surface area contributed by atoms with E-state index in [-0.39, 0.29) is 0 Å². The fourth-order valence-electron chi connectivity index (χ4n) is 6.08. The van der Waals surface area contributed by atoms with E-state index in [9.17, 15) is 0 Å². The van der Waals surface area contributed by atoms with E-state index in [0.717, 1.165) is 40.9 Å². The van der Waals surface area contributed by atoms with Crippen molar-refractivity contribution < 1.29 is 0 Å². The van der Waals surface area contributed by atoms with Gasteiger partial charge in [0.25, 0.3) is 0 Å². The Morgan fingerprint density at radius 1 is 0.405 bits per heavy atom. The minimum atomic E-state index is 0.687. The van der Waals surface area contributed by atoms with Gasteiger partial charge in [0.15, 0.2) is 17.5 Å². The maximum Gasteiger partial charge on any atom is 0.164 e. The van der Waals surface area contributed by atoms with Crippen LogP contribution in [0, 0.1) is 0 Å². The van der Waals surface area contributed by atoms with Crippen LogP contribution in [0.3, 0.4) is 0 Å². The third-order valence-electron chi connectivity index (χ3n) is 8.17. The smallest absolute Gasteiger partial charge is 0.164 e. The standard InChI is InChI=1S/C39H27N3/c1-3-12-26(13-4-1)28-16-11-17-29(24-28)38-40-37(27-14-5-2-6-15-27)41-39(42-38)30-22-23-35-33-20-8-7-18-31(33)32-19-9-10-21-34(32)36(35)25-30/h1-5,7-14,16-25H,6,15H2. The number of fused-ring (bicyclic) bond motifs is 6. The molecule has 7 aromatic rings. The van der Waals surface area contributed by atoms with Crippen LogP contribution in [0.5, 0.6) is 0 Å². The van der Waals surface area contributed by atoms with Crippen molar-refractivity contribution in [2.45, 2.75) is 12.8 Å². The van der Waals surface area contributed by atoms with Gasteiger partial charge in [0.1, 0.15) is 0 Å². The highest BCUT2D eigenvalue weighted by Gasteiger charge is 2.16. The summed E-state index contributed by atoms with van der Waals surface area (Å²) in [5.41, 5.74) is 5.41. The minimum Gasteiger partial charge on any atom is -0.209 e. The molecular weight excluding hydrogens is 510 g/mol. The number of allylic oxidation sites excluding steroid dienone is 4. The molecule has 0 atom stereocenters. The Labute approximate surface area is 244 Å². The van der Waals surface area contributed by atoms with Gasteiger partial charge in [-0.25, -0.2) is 15.0 Å². The zero-order valence-corrected chi connectivity index (χ0v) is 23.0. The van der Waals surface area contributed by atoms with E-state index in [2.05, 4.69) is 133 Å². The van der Waals surface area contributed by atoms with E-state index in [0.29, 0.717) is 11.6 Å². The third kappa shape index (κ3) is 4.27. The fourth-order valence-corrected chi connectivity index (χ4v) is 6.08. The predicted octanol–water partition coefficient (Wildman–Crippen LogP) is 10.1. The quantitative estimate of drug-likeness (QED) is 0.210. The van der Waals surface area contributed by atoms with Crippen molar-refractivity contribution in [3.05, 3.63) is 145 Å². The van der Waals surface area contributed by atoms with Crippen LogP contribution in [-0.4, -0.2) is 15.0 Å². The van der Waals surface area contributed by atoms with Gasteiger partial charge in [0.2, 0.25) is 0 Å². The number of rotatable bonds is 4. The second-order valence-corrected chi connectivity index (χ2v) is 10.8. The fraction of sp³-hybridized carbons (Fsp3) is 0.0513. The molecule has 198 valence electrons. The molecular formula is C39H27N3. The number of hydrogen-bond donors (Lipinski definition) is 0. The number of aromatic nitrogens is 3. The highest BCUT2D eigenvalue weighted by atomic mass is 15.0. The monoisotopic (exact) mass is 537 g/mol. The lowest BCUT2D eigenvalue weighted by Gasteiger charge is -2.14. The molecule has 42 heavy (non-hydrogen) atoms. The van der Waals surface area contributed by atoms with Gasteiger partial charge in [0, 0.05) is 11.1 Å². The van der Waals surface area contributed by atoms with Crippen LogP contribution >= 0.6 is 0 Å². The van der Waals surface area contributed by atoms with Crippen LogP contribution in [0.1, 0.15) is 18.7 Å². The van der Waals surface area contributed by atoms with E-state index in [4.69, 9.17) is 15.0 Å². The van der Waals surface area contributed by atoms with E-state index in [1.165, 1.54) is 37.9 Å². The first kappa shape index (κ1) is 24.4. The van der Waals surface area contributed by atoms with Gasteiger partial charge < -0.3 is 0 Å². The summed E-state index contributed by atoms with van der Waals surface area (Å²) < 4.78 is 0. The summed E-state index contributed by atoms with van der Waals surface area (Å²) in [5, 5.41) is 7.46. The van der Waals surface area contributed by atoms with Crippen LogP contribution in [0.15, 0.2) is 140 Å². The summed E-state index contributed by atoms with van der Waals surface area (Å²) in [6.45, 7) is 0. The largest absolute Gasteiger partial charge is 0.209 e. The van der Waals surface area contributed by atoms with Crippen molar-refractivity contribution in [1.82, 2.24) is 15.0 Å². The third-order valence-corrected chi connectivity index (χ3v) is 8.17. The highest BCUT2D eigenvalue weighted by molar-refractivity contribution is 6.25. The predicted molar refractivity (Wildman–Crippen MR) is 175 cm³/mol. The molecule has 1 aliphatic rings. The lowest BCUT2D eigenvalue weighted by Crippen LogP contribution is -2.04. The van der Waals surface area contributed by atoms with Gasteiger partial charge in [-0.1, -0.05) is 127 Å². The van der Waals surface area contributed by atoms with Gasteiger partial charge in [0.05, 0.1) is 0 Å². The van der Waals surface area contributed by atoms with Crippen molar-refractivity contribution in [3.63, 3.8) is 0 Å². The minimum absolute atomic E-state index is 0.687. The Hall–Kier alpha value is -5.41. The van der Waals surface area contributed by atoms with E-state index < -0.39 is 0 Å². The molecule has 0 N–H and O–H groups in total. The Morgan fingerprint density at radius 2 is 0.952 bits per heavy atom. The molecule has 0 bridgehead atoms. The van der Waals surface area contributed by atoms with Crippen LogP contribution in [0.4, 0.5) is 0 Å². The van der Waals surface area contributed by atoms with Gasteiger partial charge >= 0.3 is 0 Å². The van der Waals surface area contributed by atoms with Crippen LogP contribution < -0.4 is 0 Å². The maximum absolute atomic E-state index is 5.09. The van der Waals surface area contributed by atoms with Crippen LogP contribution in [0.25, 0.3) is 71.8 Å². The topological polar surface area (TPSA) is 38.7 Å². The number of benzene rings is 6. The van der Waals surface area contributed by atoms with Gasteiger partial charge in [-0.2, -0.15) is 0 Å². The molecule has 0 saturated carbocycles. The van der Waals surface area contributed by atoms with Gasteiger partial charge in [-0.15, -0.1) is 0 Å². The molecule has 1 aromatic heterocycles. The molecule has 3 nitrogen and oxygen atoms in total. The van der Waals surface area contributed by atoms with Crippen molar-refractivity contribution in [2.24, 2.45) is 0 Å². The average molecular weight is 538 g/mol. The van der Waals surface area contributed by atoms with Crippen molar-refractivity contribution in [2.75, 3.05) is 0 Å². The van der Waals surface area contributed by atoms with Crippen molar-refractivity contribution >= 4 is 37.9 Å². The molecule has 0 amide bonds. The molecule has 0 spiro atoms. The molecule has 0 saturated heterocycles. The summed E-state index contributed by atoms with van der Waals surface area (Å²) in [4.78, 5) is 15.2. The Morgan fingerprint density at radius 3 is 1.62 bits per heavy atom. The molecule has 3 heteroatoms. The molecule has 0 aliphatic heterocycles. The van der Waals surface area contributed by atoms with E-state index in [1.54, 1.807) is 0 Å². The maximum atomic E-state index is 5.09. The number of nitrogens with zero attached hydrogens (tertiary/aromatic N) is 3. The molecule has 0 unspecified atom stereocenters. The van der Waals surface area contributed by atoms with Gasteiger partial charge in [-0.3, -0.25) is 0 Å². The second kappa shape index (κ2) is 10.2. The lowest BCUT2D eigenvalue weighted by molar-refractivity contribution is 0.978. The van der Waals surface area contributed by atoms with E-state index in [1.807, 2.05) is 6.07 Å². The molecule has 1 aliphatic carbocycles. The molecule has 1 heterocycles. The van der Waals surface area contributed by atoms with Crippen LogP contribution in [0.2, 0.25) is 0 Å². The lowest BCUT2D eigenvalue weighted by atomic mass is 9.93. The summed E-state index contributed by atoms with van der Waals surface area (Å²) in [6.07, 6.45) is 8.32. The summed E-state index contributed by atoms with van der Waals surface area (Å²) >= 11 is 0. The Balaban J connectivity index is 1.34. The molecule has 6 aromatic carbocycles. The van der Waals surface area contributed by atoms with Crippen molar-refractivity contribution in [1.29, 1.82) is 0 Å². The Bertz CT molecular complexity index is 2160. The highest BCUT2D eigenvalue weighted by Crippen LogP contribution is 2.37. The van der Waals surface area contributed by atoms with E-state index >= 15 is 0 Å². The van der Waals surface area contributed by atoms with Crippen LogP contribution in [-0.2, 0) is 0 Å².